The molecule has 4 nitrogen and oxygen atoms in total. The van der Waals surface area contributed by atoms with Gasteiger partial charge in [-0.3, -0.25) is 9.69 Å². The molecule has 1 amide bonds. The molecule has 2 aromatic carbocycles. The number of rotatable bonds is 5. The molecule has 1 aliphatic rings. The second-order valence-corrected chi connectivity index (χ2v) is 7.36. The molecule has 1 fully saturated rings. The smallest absolute Gasteiger partial charge is 0.333 e. The highest BCUT2D eigenvalue weighted by Gasteiger charge is 2.41. The highest BCUT2D eigenvalue weighted by molar-refractivity contribution is 8.26. The lowest BCUT2D eigenvalue weighted by Gasteiger charge is -2.24. The molecule has 0 aromatic heterocycles. The molecule has 0 aliphatic carbocycles. The van der Waals surface area contributed by atoms with Crippen molar-refractivity contribution in [3.63, 3.8) is 0 Å². The van der Waals surface area contributed by atoms with Crippen LogP contribution in [0.15, 0.2) is 77.7 Å². The maximum absolute atomic E-state index is 12.9. The summed E-state index contributed by atoms with van der Waals surface area (Å²) in [6.07, 6.45) is 5.42. The minimum atomic E-state index is -0.896. The number of allylic oxidation sites excluding steroid dienone is 2. The van der Waals surface area contributed by atoms with Gasteiger partial charge in [-0.05, 0) is 17.2 Å². The summed E-state index contributed by atoms with van der Waals surface area (Å²) in [5.41, 5.74) is 1.68. The third kappa shape index (κ3) is 4.35. The summed E-state index contributed by atoms with van der Waals surface area (Å²) in [6, 6.07) is 17.9. The summed E-state index contributed by atoms with van der Waals surface area (Å²) in [6.45, 7) is 0. The number of hydrogen-bond acceptors (Lipinski definition) is 5. The standard InChI is InChI=1S/C21H17NO3S2/c1-25-20(24)18(16-12-6-3-7-13-16)22-19(23)17(27-21(22)26)14-8-11-15-9-4-2-5-10-15/h2-14,18H,1H3/b11-8+,17-14+. The fraction of sp³-hybridized carbons (Fsp3) is 0.0952. The summed E-state index contributed by atoms with van der Waals surface area (Å²) >= 11 is 6.55. The fourth-order valence-corrected chi connectivity index (χ4v) is 3.93. The van der Waals surface area contributed by atoms with Crippen molar-refractivity contribution in [1.82, 2.24) is 4.90 Å². The van der Waals surface area contributed by atoms with Crippen molar-refractivity contribution in [3.05, 3.63) is 88.8 Å². The summed E-state index contributed by atoms with van der Waals surface area (Å²) in [5, 5.41) is 0. The molecular weight excluding hydrogens is 378 g/mol. The molecule has 2 aromatic rings. The lowest BCUT2D eigenvalue weighted by Crippen LogP contribution is -2.37. The van der Waals surface area contributed by atoms with Crippen LogP contribution >= 0.6 is 24.0 Å². The molecule has 0 bridgehead atoms. The van der Waals surface area contributed by atoms with E-state index >= 15 is 0 Å². The molecule has 0 radical (unpaired) electrons. The van der Waals surface area contributed by atoms with Crippen molar-refractivity contribution in [2.45, 2.75) is 6.04 Å². The van der Waals surface area contributed by atoms with Crippen LogP contribution in [0, 0.1) is 0 Å². The van der Waals surface area contributed by atoms with E-state index in [9.17, 15) is 9.59 Å². The van der Waals surface area contributed by atoms with E-state index in [-0.39, 0.29) is 5.91 Å². The number of hydrogen-bond donors (Lipinski definition) is 0. The molecule has 1 saturated heterocycles. The first-order valence-electron chi connectivity index (χ1n) is 8.23. The molecule has 6 heteroatoms. The largest absolute Gasteiger partial charge is 0.467 e. The number of nitrogens with zero attached hydrogens (tertiary/aromatic N) is 1. The monoisotopic (exact) mass is 395 g/mol. The van der Waals surface area contributed by atoms with Gasteiger partial charge in [0.15, 0.2) is 6.04 Å². The number of carbonyl (C=O) groups excluding carboxylic acids is 2. The summed E-state index contributed by atoms with van der Waals surface area (Å²) in [4.78, 5) is 27.1. The number of carbonyl (C=O) groups is 2. The molecule has 136 valence electrons. The summed E-state index contributed by atoms with van der Waals surface area (Å²) in [5.74, 6) is -0.833. The Labute approximate surface area is 167 Å². The first-order chi connectivity index (χ1) is 13.1. The number of thiocarbonyl (C=S) groups is 1. The Morgan fingerprint density at radius 3 is 2.37 bits per heavy atom. The van der Waals surface area contributed by atoms with E-state index in [0.29, 0.717) is 14.8 Å². The zero-order valence-electron chi connectivity index (χ0n) is 14.6. The quantitative estimate of drug-likeness (QED) is 0.428. The van der Waals surface area contributed by atoms with Gasteiger partial charge in [-0.15, -0.1) is 0 Å². The fourth-order valence-electron chi connectivity index (χ4n) is 2.66. The van der Waals surface area contributed by atoms with Gasteiger partial charge in [0.2, 0.25) is 0 Å². The maximum Gasteiger partial charge on any atom is 0.333 e. The average molecular weight is 396 g/mol. The van der Waals surface area contributed by atoms with Gasteiger partial charge in [-0.25, -0.2) is 4.79 Å². The van der Waals surface area contributed by atoms with Crippen LogP contribution in [0.25, 0.3) is 6.08 Å². The molecule has 3 rings (SSSR count). The Hall–Kier alpha value is -2.70. The Morgan fingerprint density at radius 1 is 1.11 bits per heavy atom. The number of thioether (sulfide) groups is 1. The summed E-state index contributed by atoms with van der Waals surface area (Å²) < 4.78 is 5.25. The van der Waals surface area contributed by atoms with Crippen LogP contribution in [0.4, 0.5) is 0 Å². The van der Waals surface area contributed by atoms with Crippen LogP contribution in [0.3, 0.4) is 0 Å². The van der Waals surface area contributed by atoms with Crippen molar-refractivity contribution < 1.29 is 14.3 Å². The Morgan fingerprint density at radius 2 is 1.74 bits per heavy atom. The molecule has 1 aliphatic heterocycles. The Balaban J connectivity index is 1.87. The van der Waals surface area contributed by atoms with Gasteiger partial charge in [-0.1, -0.05) is 96.8 Å². The third-order valence-electron chi connectivity index (χ3n) is 3.96. The summed E-state index contributed by atoms with van der Waals surface area (Å²) in [7, 11) is 1.30. The second-order valence-electron chi connectivity index (χ2n) is 5.68. The molecule has 0 saturated carbocycles. The highest BCUT2D eigenvalue weighted by atomic mass is 32.2. The molecule has 27 heavy (non-hydrogen) atoms. The maximum atomic E-state index is 12.9. The van der Waals surface area contributed by atoms with E-state index < -0.39 is 12.0 Å². The zero-order chi connectivity index (χ0) is 19.2. The minimum Gasteiger partial charge on any atom is -0.467 e. The van der Waals surface area contributed by atoms with E-state index in [1.54, 1.807) is 36.4 Å². The van der Waals surface area contributed by atoms with Gasteiger partial charge < -0.3 is 4.74 Å². The van der Waals surface area contributed by atoms with Crippen molar-refractivity contribution in [3.8, 4) is 0 Å². The van der Waals surface area contributed by atoms with Crippen molar-refractivity contribution in [2.75, 3.05) is 7.11 Å². The molecule has 1 heterocycles. The van der Waals surface area contributed by atoms with E-state index in [0.717, 1.165) is 5.56 Å². The van der Waals surface area contributed by atoms with Gasteiger partial charge in [0.1, 0.15) is 4.32 Å². The van der Waals surface area contributed by atoms with E-state index in [4.69, 9.17) is 17.0 Å². The van der Waals surface area contributed by atoms with E-state index in [1.807, 2.05) is 42.5 Å². The molecular formula is C21H17NO3S2. The minimum absolute atomic E-state index is 0.304. The normalized spacial score (nSPS) is 16.9. The van der Waals surface area contributed by atoms with E-state index in [1.165, 1.54) is 23.8 Å². The van der Waals surface area contributed by atoms with Gasteiger partial charge in [0, 0.05) is 0 Å². The van der Waals surface area contributed by atoms with Crippen LogP contribution in [0.1, 0.15) is 17.2 Å². The van der Waals surface area contributed by atoms with Crippen molar-refractivity contribution in [1.29, 1.82) is 0 Å². The first-order valence-corrected chi connectivity index (χ1v) is 9.46. The lowest BCUT2D eigenvalue weighted by atomic mass is 10.1. The van der Waals surface area contributed by atoms with Gasteiger partial charge in [0.05, 0.1) is 12.0 Å². The molecule has 1 atom stereocenters. The topological polar surface area (TPSA) is 46.6 Å². The van der Waals surface area contributed by atoms with Gasteiger partial charge in [-0.2, -0.15) is 0 Å². The number of amides is 1. The van der Waals surface area contributed by atoms with Crippen molar-refractivity contribution in [2.24, 2.45) is 0 Å². The third-order valence-corrected chi connectivity index (χ3v) is 5.31. The number of methoxy groups -OCH3 is 1. The molecule has 0 spiro atoms. The van der Waals surface area contributed by atoms with Gasteiger partial charge >= 0.3 is 5.97 Å². The first kappa shape index (κ1) is 19.1. The van der Waals surface area contributed by atoms with Crippen LogP contribution in [-0.4, -0.2) is 28.2 Å². The lowest BCUT2D eigenvalue weighted by molar-refractivity contribution is -0.148. The number of ether oxygens (including phenoxy) is 1. The van der Waals surface area contributed by atoms with Crippen LogP contribution in [-0.2, 0) is 14.3 Å². The van der Waals surface area contributed by atoms with Crippen LogP contribution in [0.2, 0.25) is 0 Å². The highest BCUT2D eigenvalue weighted by Crippen LogP contribution is 2.37. The zero-order valence-corrected chi connectivity index (χ0v) is 16.2. The Kier molecular flexibility index (Phi) is 6.21. The number of benzene rings is 2. The predicted molar refractivity (Wildman–Crippen MR) is 112 cm³/mol. The van der Waals surface area contributed by atoms with Crippen LogP contribution in [0.5, 0.6) is 0 Å². The number of esters is 1. The van der Waals surface area contributed by atoms with E-state index in [2.05, 4.69) is 0 Å². The predicted octanol–water partition coefficient (Wildman–Crippen LogP) is 4.36. The average Bonchev–Trinajstić information content (AvgIpc) is 2.98. The Bertz CT molecular complexity index is 908. The molecule has 1 unspecified atom stereocenters. The van der Waals surface area contributed by atoms with Crippen molar-refractivity contribution >= 4 is 46.3 Å². The van der Waals surface area contributed by atoms with Crippen LogP contribution < -0.4 is 0 Å². The second kappa shape index (κ2) is 8.79. The molecule has 0 N–H and O–H groups in total. The SMILES string of the molecule is COC(=O)C(c1ccccc1)N1C(=O)/C(=C\C=C\c2ccccc2)SC1=S. The van der Waals surface area contributed by atoms with Gasteiger partial charge in [0.25, 0.3) is 5.91 Å².